The van der Waals surface area contributed by atoms with E-state index in [0.29, 0.717) is 23.8 Å². The average molecular weight is 1010 g/mol. The first kappa shape index (κ1) is 53.8. The standard InChI is InChI=1S/3C18H33P.CO.ClH.Ru.H/c3*1-4-10-16(11-5-1)19(17-12-6-2-7-13-17)18-14-8-3-9-15-18;1-2;;;/h3*16-18H,1-15H2;;1H;;/q;;;;;+1;-1/p-1. The van der Waals surface area contributed by atoms with Gasteiger partial charge in [0, 0.05) is 0 Å². The van der Waals surface area contributed by atoms with Crippen molar-refractivity contribution in [1.82, 2.24) is 0 Å². The largest absolute Gasteiger partial charge is 1.00 e. The van der Waals surface area contributed by atoms with E-state index in [1.165, 1.54) is 109 Å². The number of rotatable bonds is 9. The molecule has 0 spiro atoms. The molecule has 0 aromatic rings. The summed E-state index contributed by atoms with van der Waals surface area (Å²) < 4.78 is 0. The third kappa shape index (κ3) is 18.4. The Hall–Kier alpha value is 1.87. The molecule has 9 aliphatic carbocycles. The first-order chi connectivity index (χ1) is 30.3. The number of hydrogen-bond donors (Lipinski definition) is 0. The van der Waals surface area contributed by atoms with Crippen molar-refractivity contribution >= 4 is 40.2 Å². The number of carbonyl (C=O) groups excluding carboxylic acids is 1. The molecule has 0 heterocycles. The van der Waals surface area contributed by atoms with E-state index in [9.17, 15) is 0 Å². The fourth-order valence-electron chi connectivity index (χ4n) is 15.1. The van der Waals surface area contributed by atoms with Gasteiger partial charge in [-0.3, -0.25) is 4.79 Å². The molecule has 1 nitrogen and oxygen atoms in total. The van der Waals surface area contributed by atoms with Crippen LogP contribution >= 0.6 is 33.5 Å². The SMILES string of the molecule is C1CCC(P(C2CCCCC2)C2CCCCC2)CC1.C1CCC(P(C2CCCCC2)C2CCCCC2)CC1.C1CCC(P(C2CCCCC2)C2CCCCC2)CC1.[C]=O.[Cl][Ru].[H-]. The van der Waals surface area contributed by atoms with Gasteiger partial charge in [-0.05, 0) is 167 Å². The van der Waals surface area contributed by atoms with Crippen molar-refractivity contribution in [3.63, 3.8) is 0 Å². The monoisotopic (exact) mass is 1010 g/mol. The molecule has 0 unspecified atom stereocenters. The number of halogens is 1. The maximum Gasteiger partial charge on any atom is -1.00 e. The zero-order valence-corrected chi connectivity index (χ0v) is 45.2. The van der Waals surface area contributed by atoms with Crippen molar-refractivity contribution in [3.05, 3.63) is 0 Å². The molecular weight excluding hydrogens is 906 g/mol. The van der Waals surface area contributed by atoms with Gasteiger partial charge < -0.3 is 1.43 Å². The fourth-order valence-corrected chi connectivity index (χ4v) is 29.1. The van der Waals surface area contributed by atoms with Crippen LogP contribution in [-0.2, 0) is 22.1 Å². The minimum absolute atomic E-state index is 0. The third-order valence-electron chi connectivity index (χ3n) is 18.0. The van der Waals surface area contributed by atoms with Crippen molar-refractivity contribution in [3.8, 4) is 0 Å². The normalized spacial score (nSPS) is 27.2. The molecule has 0 N–H and O–H groups in total. The molecule has 61 heavy (non-hydrogen) atoms. The molecule has 9 aliphatic rings. The second-order valence-electron chi connectivity index (χ2n) is 22.0. The van der Waals surface area contributed by atoms with Gasteiger partial charge in [0.05, 0.1) is 0 Å². The third-order valence-corrected chi connectivity index (χ3v) is 30.2. The van der Waals surface area contributed by atoms with Gasteiger partial charge in [-0.15, -0.1) is 0 Å². The first-order valence-electron chi connectivity index (χ1n) is 28.0. The van der Waals surface area contributed by atoms with Crippen molar-refractivity contribution in [2.45, 2.75) is 340 Å². The van der Waals surface area contributed by atoms with Crippen LogP contribution in [0.1, 0.15) is 290 Å². The second-order valence-corrected chi connectivity index (χ2v) is 31.2. The molecule has 0 aromatic heterocycles. The van der Waals surface area contributed by atoms with Crippen LogP contribution in [0.2, 0.25) is 0 Å². The van der Waals surface area contributed by atoms with Crippen LogP contribution in [0.15, 0.2) is 0 Å². The van der Waals surface area contributed by atoms with Crippen LogP contribution in [0.5, 0.6) is 0 Å². The van der Waals surface area contributed by atoms with E-state index in [1.54, 1.807) is 231 Å². The van der Waals surface area contributed by atoms with E-state index >= 15 is 0 Å². The van der Waals surface area contributed by atoms with Gasteiger partial charge in [-0.25, -0.2) is 0 Å². The summed E-state index contributed by atoms with van der Waals surface area (Å²) in [6, 6.07) is 0. The van der Waals surface area contributed by atoms with Crippen LogP contribution in [-0.4, -0.2) is 57.7 Å². The molecular formula is C55H100ClOP3Ru-. The summed E-state index contributed by atoms with van der Waals surface area (Å²) in [5.41, 5.74) is 10.7. The van der Waals surface area contributed by atoms with Gasteiger partial charge in [0.25, 0.3) is 6.79 Å². The van der Waals surface area contributed by atoms with Crippen molar-refractivity contribution in [1.29, 1.82) is 0 Å². The van der Waals surface area contributed by atoms with Crippen LogP contribution in [0.4, 0.5) is 0 Å². The molecule has 357 valence electrons. The van der Waals surface area contributed by atoms with Gasteiger partial charge in [0.2, 0.25) is 0 Å². The van der Waals surface area contributed by atoms with E-state index in [2.05, 4.69) is 16.5 Å². The Morgan fingerprint density at radius 1 is 0.230 bits per heavy atom. The molecule has 9 fully saturated rings. The predicted molar refractivity (Wildman–Crippen MR) is 275 cm³/mol. The maximum atomic E-state index is 7.50. The molecule has 2 radical (unpaired) electrons. The molecule has 0 amide bonds. The molecule has 6 heteroatoms. The van der Waals surface area contributed by atoms with E-state index in [-0.39, 0.29) is 1.43 Å². The zero-order valence-electron chi connectivity index (χ0n) is 41.0. The smallest absolute Gasteiger partial charge is 1.00 e. The van der Waals surface area contributed by atoms with Gasteiger partial charge in [0.15, 0.2) is 0 Å². The quantitative estimate of drug-likeness (QED) is 0.166. The van der Waals surface area contributed by atoms with E-state index in [1.807, 2.05) is 17.3 Å². The summed E-state index contributed by atoms with van der Waals surface area (Å²) in [6.07, 6.45) is 70.9. The van der Waals surface area contributed by atoms with Crippen molar-refractivity contribution < 1.29 is 23.5 Å². The predicted octanol–water partition coefficient (Wildman–Crippen LogP) is 19.8. The van der Waals surface area contributed by atoms with E-state index in [0.717, 1.165) is 0 Å². The first-order valence-corrected chi connectivity index (χ1v) is 34.9. The molecule has 0 bridgehead atoms. The Labute approximate surface area is 401 Å². The summed E-state index contributed by atoms with van der Waals surface area (Å²) in [5.74, 6) is 0. The maximum absolute atomic E-state index is 7.50. The molecule has 0 aromatic carbocycles. The van der Waals surface area contributed by atoms with Crippen LogP contribution in [0, 0.1) is 0 Å². The zero-order chi connectivity index (χ0) is 42.7. The van der Waals surface area contributed by atoms with Gasteiger partial charge in [0.1, 0.15) is 0 Å². The second kappa shape index (κ2) is 33.4. The summed E-state index contributed by atoms with van der Waals surface area (Å²) in [4.78, 5) is 7.50. The van der Waals surface area contributed by atoms with Gasteiger partial charge in [-0.1, -0.05) is 197 Å². The minimum atomic E-state index is 0. The summed E-state index contributed by atoms with van der Waals surface area (Å²) in [6.45, 7) is 4.50. The Morgan fingerprint density at radius 3 is 0.393 bits per heavy atom. The Morgan fingerprint density at radius 2 is 0.311 bits per heavy atom. The molecule has 9 rings (SSSR count). The molecule has 0 saturated heterocycles. The van der Waals surface area contributed by atoms with Crippen molar-refractivity contribution in [2.24, 2.45) is 0 Å². The molecule has 9 saturated carbocycles. The number of hydrogen-bond acceptors (Lipinski definition) is 1. The molecule has 0 aliphatic heterocycles. The van der Waals surface area contributed by atoms with Crippen molar-refractivity contribution in [2.75, 3.05) is 0 Å². The van der Waals surface area contributed by atoms with E-state index in [4.69, 9.17) is 4.79 Å². The topological polar surface area (TPSA) is 17.1 Å². The van der Waals surface area contributed by atoms with Gasteiger partial charge in [-0.2, -0.15) is 0 Å². The average Bonchev–Trinajstić information content (AvgIpc) is 3.37. The molecule has 0 atom stereocenters. The van der Waals surface area contributed by atoms with Crippen LogP contribution < -0.4 is 0 Å². The van der Waals surface area contributed by atoms with Crippen LogP contribution in [0.25, 0.3) is 0 Å². The van der Waals surface area contributed by atoms with Crippen LogP contribution in [0.3, 0.4) is 0 Å². The van der Waals surface area contributed by atoms with E-state index < -0.39 is 0 Å². The van der Waals surface area contributed by atoms with Gasteiger partial charge >= 0.3 is 27.0 Å². The summed E-state index contributed by atoms with van der Waals surface area (Å²) >= 11 is 1.82. The summed E-state index contributed by atoms with van der Waals surface area (Å²) in [5, 5.41) is 0. The Balaban J connectivity index is 0.000000195. The summed E-state index contributed by atoms with van der Waals surface area (Å²) in [7, 11) is 5.72. The Kier molecular flexibility index (Phi) is 29.5. The minimum Gasteiger partial charge on any atom is -1.00 e. The fraction of sp³-hybridized carbons (Fsp3) is 0.982. The Bertz CT molecular complexity index is 778.